The third kappa shape index (κ3) is 3.77. The second-order valence-corrected chi connectivity index (χ2v) is 7.00. The Morgan fingerprint density at radius 2 is 1.75 bits per heavy atom. The van der Waals surface area contributed by atoms with Crippen LogP contribution < -0.4 is 10.1 Å². The van der Waals surface area contributed by atoms with Crippen LogP contribution in [-0.2, 0) is 0 Å². The summed E-state index contributed by atoms with van der Waals surface area (Å²) in [5, 5.41) is 3.49. The fraction of sp³-hybridized carbons (Fsp3) is 0.200. The Balaban J connectivity index is 2.25. The molecule has 2 aromatic carbocycles. The average Bonchev–Trinajstić information content (AvgIpc) is 2.41. The lowest BCUT2D eigenvalue weighted by Gasteiger charge is -2.19. The van der Waals surface area contributed by atoms with Crippen molar-refractivity contribution in [3.05, 3.63) is 55.4 Å². The van der Waals surface area contributed by atoms with Crippen molar-refractivity contribution in [3.63, 3.8) is 0 Å². The number of anilines is 1. The Morgan fingerprint density at radius 3 is 2.40 bits per heavy atom. The van der Waals surface area contributed by atoms with Crippen LogP contribution in [0.2, 0.25) is 0 Å². The predicted molar refractivity (Wildman–Crippen MR) is 94.6 cm³/mol. The summed E-state index contributed by atoms with van der Waals surface area (Å²) < 4.78 is 8.41. The Morgan fingerprint density at radius 1 is 1.00 bits per heavy atom. The molecule has 0 saturated heterocycles. The van der Waals surface area contributed by atoms with E-state index in [9.17, 15) is 0 Å². The second kappa shape index (κ2) is 6.96. The molecule has 0 fully saturated rings. The molecule has 1 N–H and O–H groups in total. The normalized spacial score (nSPS) is 12.1. The first-order valence-electron chi connectivity index (χ1n) is 6.06. The molecule has 1 unspecified atom stereocenters. The smallest absolute Gasteiger partial charge is 0.121 e. The minimum Gasteiger partial charge on any atom is -0.497 e. The molecule has 5 heteroatoms. The number of hydrogen-bond acceptors (Lipinski definition) is 2. The molecule has 0 aliphatic carbocycles. The molecule has 0 radical (unpaired) electrons. The summed E-state index contributed by atoms with van der Waals surface area (Å²) in [5.74, 6) is 0.831. The fourth-order valence-electron chi connectivity index (χ4n) is 1.91. The van der Waals surface area contributed by atoms with Gasteiger partial charge in [-0.25, -0.2) is 0 Å². The molecule has 20 heavy (non-hydrogen) atoms. The van der Waals surface area contributed by atoms with E-state index in [2.05, 4.69) is 66.1 Å². The van der Waals surface area contributed by atoms with Crippen LogP contribution >= 0.6 is 47.8 Å². The van der Waals surface area contributed by atoms with Gasteiger partial charge in [0.25, 0.3) is 0 Å². The summed E-state index contributed by atoms with van der Waals surface area (Å²) in [4.78, 5) is 0. The zero-order chi connectivity index (χ0) is 14.7. The van der Waals surface area contributed by atoms with Gasteiger partial charge in [0.1, 0.15) is 5.75 Å². The standard InChI is InChI=1S/C15H14Br3NO/c1-9(12-5-3-10(16)7-14(12)18)19-15-8-11(20-2)4-6-13(15)17/h3-9,19H,1-2H3. The van der Waals surface area contributed by atoms with Gasteiger partial charge in [0.2, 0.25) is 0 Å². The van der Waals surface area contributed by atoms with Crippen molar-refractivity contribution in [2.75, 3.05) is 12.4 Å². The van der Waals surface area contributed by atoms with Crippen molar-refractivity contribution in [3.8, 4) is 5.75 Å². The summed E-state index contributed by atoms with van der Waals surface area (Å²) in [6, 6.07) is 12.2. The zero-order valence-electron chi connectivity index (χ0n) is 11.1. The van der Waals surface area contributed by atoms with Crippen LogP contribution in [0.1, 0.15) is 18.5 Å². The summed E-state index contributed by atoms with van der Waals surface area (Å²) in [6.07, 6.45) is 0. The first kappa shape index (κ1) is 15.9. The van der Waals surface area contributed by atoms with E-state index in [-0.39, 0.29) is 6.04 Å². The predicted octanol–water partition coefficient (Wildman–Crippen LogP) is 6.16. The lowest BCUT2D eigenvalue weighted by atomic mass is 10.1. The molecule has 0 aliphatic rings. The van der Waals surface area contributed by atoms with Gasteiger partial charge in [-0.3, -0.25) is 0 Å². The molecular weight excluding hydrogens is 450 g/mol. The van der Waals surface area contributed by atoms with E-state index in [1.807, 2.05) is 30.3 Å². The van der Waals surface area contributed by atoms with Gasteiger partial charge >= 0.3 is 0 Å². The second-order valence-electron chi connectivity index (χ2n) is 4.38. The molecule has 0 aromatic heterocycles. The largest absolute Gasteiger partial charge is 0.497 e. The Bertz CT molecular complexity index is 616. The summed E-state index contributed by atoms with van der Waals surface area (Å²) >= 11 is 10.6. The van der Waals surface area contributed by atoms with Crippen LogP contribution in [0.25, 0.3) is 0 Å². The molecule has 0 heterocycles. The first-order chi connectivity index (χ1) is 9.51. The zero-order valence-corrected chi connectivity index (χ0v) is 15.8. The summed E-state index contributed by atoms with van der Waals surface area (Å²) in [7, 11) is 1.67. The van der Waals surface area contributed by atoms with Gasteiger partial charge in [-0.15, -0.1) is 0 Å². The molecule has 0 spiro atoms. The van der Waals surface area contributed by atoms with E-state index in [1.54, 1.807) is 7.11 Å². The number of rotatable bonds is 4. The lowest BCUT2D eigenvalue weighted by molar-refractivity contribution is 0.415. The van der Waals surface area contributed by atoms with Crippen LogP contribution in [0, 0.1) is 0 Å². The number of hydrogen-bond donors (Lipinski definition) is 1. The van der Waals surface area contributed by atoms with Crippen molar-refractivity contribution in [1.82, 2.24) is 0 Å². The van der Waals surface area contributed by atoms with Crippen molar-refractivity contribution in [1.29, 1.82) is 0 Å². The van der Waals surface area contributed by atoms with Gasteiger partial charge in [0.15, 0.2) is 0 Å². The minimum atomic E-state index is 0.167. The molecule has 106 valence electrons. The van der Waals surface area contributed by atoms with Gasteiger partial charge in [-0.05, 0) is 52.7 Å². The van der Waals surface area contributed by atoms with E-state index in [0.717, 1.165) is 24.9 Å². The van der Waals surface area contributed by atoms with Gasteiger partial charge in [0, 0.05) is 25.5 Å². The molecule has 1 atom stereocenters. The van der Waals surface area contributed by atoms with Gasteiger partial charge in [-0.2, -0.15) is 0 Å². The fourth-order valence-corrected chi connectivity index (χ4v) is 3.66. The first-order valence-corrected chi connectivity index (χ1v) is 8.44. The molecule has 2 aromatic rings. The number of nitrogens with one attached hydrogen (secondary N) is 1. The number of halogens is 3. The van der Waals surface area contributed by atoms with E-state index >= 15 is 0 Å². The molecule has 2 nitrogen and oxygen atoms in total. The van der Waals surface area contributed by atoms with Gasteiger partial charge < -0.3 is 10.1 Å². The molecule has 2 rings (SSSR count). The SMILES string of the molecule is COc1ccc(Br)c(NC(C)c2ccc(Br)cc2Br)c1. The summed E-state index contributed by atoms with van der Waals surface area (Å²) in [6.45, 7) is 2.12. The Hall–Kier alpha value is -0.520. The van der Waals surface area contributed by atoms with Crippen molar-refractivity contribution >= 4 is 53.5 Å². The molecule has 0 bridgehead atoms. The highest BCUT2D eigenvalue weighted by Gasteiger charge is 2.11. The molecule has 0 aliphatic heterocycles. The maximum atomic E-state index is 5.26. The third-order valence-electron chi connectivity index (χ3n) is 2.97. The monoisotopic (exact) mass is 461 g/mol. The van der Waals surface area contributed by atoms with Crippen LogP contribution in [0.15, 0.2) is 49.8 Å². The highest BCUT2D eigenvalue weighted by Crippen LogP contribution is 2.33. The Kier molecular flexibility index (Phi) is 5.52. The van der Waals surface area contributed by atoms with E-state index in [4.69, 9.17) is 4.74 Å². The number of methoxy groups -OCH3 is 1. The third-order valence-corrected chi connectivity index (χ3v) is 4.85. The number of ether oxygens (including phenoxy) is 1. The summed E-state index contributed by atoms with van der Waals surface area (Å²) in [5.41, 5.74) is 2.20. The quantitative estimate of drug-likeness (QED) is 0.586. The number of benzene rings is 2. The van der Waals surface area contributed by atoms with Crippen LogP contribution in [0.3, 0.4) is 0 Å². The molecular formula is C15H14Br3NO. The van der Waals surface area contributed by atoms with Crippen molar-refractivity contribution in [2.24, 2.45) is 0 Å². The van der Waals surface area contributed by atoms with Gasteiger partial charge in [0.05, 0.1) is 12.8 Å². The van der Waals surface area contributed by atoms with E-state index < -0.39 is 0 Å². The van der Waals surface area contributed by atoms with Gasteiger partial charge in [-0.1, -0.05) is 37.9 Å². The highest BCUT2D eigenvalue weighted by molar-refractivity contribution is 9.11. The lowest BCUT2D eigenvalue weighted by Crippen LogP contribution is -2.08. The Labute approximate surface area is 144 Å². The van der Waals surface area contributed by atoms with E-state index in [0.29, 0.717) is 0 Å². The highest BCUT2D eigenvalue weighted by atomic mass is 79.9. The average molecular weight is 464 g/mol. The van der Waals surface area contributed by atoms with Crippen LogP contribution in [0.4, 0.5) is 5.69 Å². The molecule has 0 saturated carbocycles. The van der Waals surface area contributed by atoms with Crippen molar-refractivity contribution < 1.29 is 4.74 Å². The van der Waals surface area contributed by atoms with Crippen LogP contribution in [-0.4, -0.2) is 7.11 Å². The van der Waals surface area contributed by atoms with E-state index in [1.165, 1.54) is 5.56 Å². The molecule has 0 amide bonds. The maximum absolute atomic E-state index is 5.26. The van der Waals surface area contributed by atoms with Crippen molar-refractivity contribution in [2.45, 2.75) is 13.0 Å². The minimum absolute atomic E-state index is 0.167. The van der Waals surface area contributed by atoms with Crippen LogP contribution in [0.5, 0.6) is 5.75 Å². The maximum Gasteiger partial charge on any atom is 0.121 e. The topological polar surface area (TPSA) is 21.3 Å².